The van der Waals surface area contributed by atoms with Gasteiger partial charge in [0.05, 0.1) is 12.5 Å². The number of esters is 1. The highest BCUT2D eigenvalue weighted by Crippen LogP contribution is 2.20. The van der Waals surface area contributed by atoms with Gasteiger partial charge in [0.15, 0.2) is 5.82 Å². The van der Waals surface area contributed by atoms with E-state index in [1.54, 1.807) is 12.1 Å². The summed E-state index contributed by atoms with van der Waals surface area (Å²) < 4.78 is 10.9. The van der Waals surface area contributed by atoms with Crippen molar-refractivity contribution in [1.29, 1.82) is 0 Å². The molecule has 1 heterocycles. The van der Waals surface area contributed by atoms with Crippen LogP contribution in [0.25, 0.3) is 11.4 Å². The van der Waals surface area contributed by atoms with E-state index in [2.05, 4.69) is 16.9 Å². The largest absolute Gasteiger partial charge is 0.426 e. The first kappa shape index (κ1) is 24.0. The summed E-state index contributed by atoms with van der Waals surface area (Å²) in [7, 11) is 0. The molecule has 0 aliphatic heterocycles. The Morgan fingerprint density at radius 3 is 2.27 bits per heavy atom. The quantitative estimate of drug-likeness (QED) is 0.216. The smallest absolute Gasteiger partial charge is 0.316 e. The fraction of sp³-hybridized carbons (Fsp3) is 0.560. The number of carbonyl (C=O) groups is 1. The standard InChI is InChI=1S/C25H36N2O3/c1-4-6-7-8-9-10-11-21-17-26-24(27-18-21)22-12-14-23(15-13-22)30-25(28)20(3)19-29-16-5-2/h12-15,17-18,20H,4-11,16,19H2,1-3H3. The van der Waals surface area contributed by atoms with Gasteiger partial charge >= 0.3 is 5.97 Å². The molecule has 0 fully saturated rings. The maximum Gasteiger partial charge on any atom is 0.316 e. The predicted octanol–water partition coefficient (Wildman–Crippen LogP) is 6.01. The molecule has 5 heteroatoms. The zero-order valence-corrected chi connectivity index (χ0v) is 18.7. The molecule has 1 aromatic carbocycles. The van der Waals surface area contributed by atoms with E-state index >= 15 is 0 Å². The van der Waals surface area contributed by atoms with Crippen molar-refractivity contribution in [3.05, 3.63) is 42.2 Å². The number of aromatic nitrogens is 2. The molecular weight excluding hydrogens is 376 g/mol. The van der Waals surface area contributed by atoms with Crippen LogP contribution in [0.1, 0.15) is 71.3 Å². The second-order valence-electron chi connectivity index (χ2n) is 7.85. The number of hydrogen-bond donors (Lipinski definition) is 0. The highest BCUT2D eigenvalue weighted by atomic mass is 16.5. The average molecular weight is 413 g/mol. The van der Waals surface area contributed by atoms with E-state index in [-0.39, 0.29) is 11.9 Å². The first-order valence-corrected chi connectivity index (χ1v) is 11.3. The molecule has 30 heavy (non-hydrogen) atoms. The monoisotopic (exact) mass is 412 g/mol. The Hall–Kier alpha value is -2.27. The van der Waals surface area contributed by atoms with Gasteiger partial charge in [0.1, 0.15) is 5.75 Å². The van der Waals surface area contributed by atoms with Gasteiger partial charge < -0.3 is 9.47 Å². The van der Waals surface area contributed by atoms with Crippen LogP contribution in [0, 0.1) is 5.92 Å². The minimum atomic E-state index is -0.293. The van der Waals surface area contributed by atoms with Crippen LogP contribution in [-0.2, 0) is 16.0 Å². The third kappa shape index (κ3) is 8.62. The molecule has 1 unspecified atom stereocenters. The van der Waals surface area contributed by atoms with Crippen molar-refractivity contribution in [3.8, 4) is 17.1 Å². The molecule has 164 valence electrons. The van der Waals surface area contributed by atoms with E-state index < -0.39 is 0 Å². The van der Waals surface area contributed by atoms with Crippen LogP contribution in [0.5, 0.6) is 5.75 Å². The molecule has 1 aromatic heterocycles. The Bertz CT molecular complexity index is 729. The van der Waals surface area contributed by atoms with Crippen molar-refractivity contribution >= 4 is 5.97 Å². The predicted molar refractivity (Wildman–Crippen MR) is 120 cm³/mol. The summed E-state index contributed by atoms with van der Waals surface area (Å²) in [5, 5.41) is 0. The fourth-order valence-corrected chi connectivity index (χ4v) is 3.10. The summed E-state index contributed by atoms with van der Waals surface area (Å²) in [5.74, 6) is 0.625. The number of nitrogens with zero attached hydrogens (tertiary/aromatic N) is 2. The molecule has 1 atom stereocenters. The summed E-state index contributed by atoms with van der Waals surface area (Å²) in [6, 6.07) is 7.31. The summed E-state index contributed by atoms with van der Waals surface area (Å²) in [6.45, 7) is 7.13. The van der Waals surface area contributed by atoms with E-state index in [4.69, 9.17) is 9.47 Å². The van der Waals surface area contributed by atoms with Crippen LogP contribution < -0.4 is 4.74 Å². The summed E-state index contributed by atoms with van der Waals surface area (Å²) >= 11 is 0. The number of aryl methyl sites for hydroxylation is 1. The number of rotatable bonds is 14. The lowest BCUT2D eigenvalue weighted by Gasteiger charge is -2.11. The minimum Gasteiger partial charge on any atom is -0.426 e. The van der Waals surface area contributed by atoms with Gasteiger partial charge in [-0.3, -0.25) is 4.79 Å². The average Bonchev–Trinajstić information content (AvgIpc) is 2.77. The van der Waals surface area contributed by atoms with Crippen LogP contribution >= 0.6 is 0 Å². The Morgan fingerprint density at radius 2 is 1.60 bits per heavy atom. The maximum absolute atomic E-state index is 12.1. The number of unbranched alkanes of at least 4 members (excludes halogenated alkanes) is 5. The number of ether oxygens (including phenoxy) is 2. The molecule has 0 amide bonds. The van der Waals surface area contributed by atoms with Crippen molar-refractivity contribution in [2.24, 2.45) is 5.92 Å². The van der Waals surface area contributed by atoms with Crippen LogP contribution in [0.3, 0.4) is 0 Å². The molecular formula is C25H36N2O3. The van der Waals surface area contributed by atoms with Crippen LogP contribution in [-0.4, -0.2) is 29.2 Å². The lowest BCUT2D eigenvalue weighted by molar-refractivity contribution is -0.140. The lowest BCUT2D eigenvalue weighted by atomic mass is 10.1. The number of carbonyl (C=O) groups excluding carboxylic acids is 1. The van der Waals surface area contributed by atoms with Gasteiger partial charge in [0, 0.05) is 24.6 Å². The Kier molecular flexibility index (Phi) is 11.1. The molecule has 0 saturated heterocycles. The molecule has 0 spiro atoms. The van der Waals surface area contributed by atoms with Gasteiger partial charge in [0.25, 0.3) is 0 Å². The highest BCUT2D eigenvalue weighted by molar-refractivity contribution is 5.75. The van der Waals surface area contributed by atoms with E-state index in [1.165, 1.54) is 44.1 Å². The molecule has 0 bridgehead atoms. The second kappa shape index (κ2) is 13.9. The maximum atomic E-state index is 12.1. The van der Waals surface area contributed by atoms with Crippen molar-refractivity contribution in [1.82, 2.24) is 9.97 Å². The first-order valence-electron chi connectivity index (χ1n) is 11.3. The highest BCUT2D eigenvalue weighted by Gasteiger charge is 2.15. The van der Waals surface area contributed by atoms with Crippen molar-refractivity contribution in [2.45, 2.75) is 72.1 Å². The van der Waals surface area contributed by atoms with E-state index in [0.717, 1.165) is 18.4 Å². The molecule has 5 nitrogen and oxygen atoms in total. The SMILES string of the molecule is CCCCCCCCc1cnc(-c2ccc(OC(=O)C(C)COCCC)cc2)nc1. The van der Waals surface area contributed by atoms with Gasteiger partial charge in [-0.25, -0.2) is 9.97 Å². The van der Waals surface area contributed by atoms with E-state index in [1.807, 2.05) is 38.4 Å². The van der Waals surface area contributed by atoms with Gasteiger partial charge in [-0.1, -0.05) is 46.0 Å². The van der Waals surface area contributed by atoms with Gasteiger partial charge in [-0.15, -0.1) is 0 Å². The van der Waals surface area contributed by atoms with Crippen molar-refractivity contribution in [2.75, 3.05) is 13.2 Å². The number of hydrogen-bond acceptors (Lipinski definition) is 5. The minimum absolute atomic E-state index is 0.283. The van der Waals surface area contributed by atoms with Crippen molar-refractivity contribution < 1.29 is 14.3 Å². The fourth-order valence-electron chi connectivity index (χ4n) is 3.10. The summed E-state index contributed by atoms with van der Waals surface area (Å²) in [4.78, 5) is 21.1. The molecule has 2 rings (SSSR count). The zero-order valence-electron chi connectivity index (χ0n) is 18.7. The summed E-state index contributed by atoms with van der Waals surface area (Å²) in [6.07, 6.45) is 13.5. The van der Waals surface area contributed by atoms with Gasteiger partial charge in [0.2, 0.25) is 0 Å². The lowest BCUT2D eigenvalue weighted by Crippen LogP contribution is -2.22. The zero-order chi connectivity index (χ0) is 21.6. The Morgan fingerprint density at radius 1 is 0.933 bits per heavy atom. The summed E-state index contributed by atoms with van der Waals surface area (Å²) in [5.41, 5.74) is 2.08. The van der Waals surface area contributed by atoms with Gasteiger partial charge in [-0.2, -0.15) is 0 Å². The second-order valence-corrected chi connectivity index (χ2v) is 7.85. The molecule has 0 N–H and O–H groups in total. The van der Waals surface area contributed by atoms with Crippen molar-refractivity contribution in [3.63, 3.8) is 0 Å². The molecule has 0 aliphatic carbocycles. The van der Waals surface area contributed by atoms with Crippen LogP contribution in [0.4, 0.5) is 0 Å². The molecule has 0 aliphatic rings. The van der Waals surface area contributed by atoms with Gasteiger partial charge in [-0.05, 0) is 56.0 Å². The molecule has 2 aromatic rings. The van der Waals surface area contributed by atoms with Crippen LogP contribution in [0.15, 0.2) is 36.7 Å². The Labute approximate surface area is 181 Å². The third-order valence-electron chi connectivity index (χ3n) is 4.97. The Balaban J connectivity index is 1.80. The van der Waals surface area contributed by atoms with E-state index in [9.17, 15) is 4.79 Å². The topological polar surface area (TPSA) is 61.3 Å². The normalized spacial score (nSPS) is 12.0. The molecule has 0 radical (unpaired) electrons. The number of benzene rings is 1. The third-order valence-corrected chi connectivity index (χ3v) is 4.97. The van der Waals surface area contributed by atoms with E-state index in [0.29, 0.717) is 24.8 Å². The van der Waals surface area contributed by atoms with Crippen LogP contribution in [0.2, 0.25) is 0 Å². The first-order chi connectivity index (χ1) is 14.6. The molecule has 0 saturated carbocycles.